The fraction of sp³-hybridized carbons (Fsp3) is 0.125. The predicted octanol–water partition coefficient (Wildman–Crippen LogP) is 1.59. The van der Waals surface area contributed by atoms with Crippen molar-refractivity contribution in [1.29, 1.82) is 0 Å². The lowest BCUT2D eigenvalue weighted by Gasteiger charge is -1.94. The monoisotopic (exact) mass is 165 g/mol. The van der Waals surface area contributed by atoms with Crippen LogP contribution in [-0.4, -0.2) is 9.97 Å². The summed E-state index contributed by atoms with van der Waals surface area (Å²) in [5.41, 5.74) is 7.01. The number of benzene rings is 1. The van der Waals surface area contributed by atoms with Crippen LogP contribution in [0.3, 0.4) is 0 Å². The first kappa shape index (κ1) is 7.09. The van der Waals surface area contributed by atoms with Crippen LogP contribution in [0.2, 0.25) is 0 Å². The largest absolute Gasteiger partial charge is 0.397 e. The van der Waals surface area contributed by atoms with Gasteiger partial charge in [0.05, 0.1) is 11.2 Å². The SMILES string of the molecule is Cc1nc2c(F)ccc(N)c2[nH]1. The van der Waals surface area contributed by atoms with Crippen LogP contribution in [0.5, 0.6) is 0 Å². The third-order valence-electron chi connectivity index (χ3n) is 1.75. The third kappa shape index (κ3) is 0.845. The number of halogens is 1. The number of rotatable bonds is 0. The van der Waals surface area contributed by atoms with Crippen molar-refractivity contribution < 1.29 is 4.39 Å². The minimum atomic E-state index is -0.344. The van der Waals surface area contributed by atoms with Crippen LogP contribution >= 0.6 is 0 Å². The lowest BCUT2D eigenvalue weighted by atomic mass is 10.2. The maximum Gasteiger partial charge on any atom is 0.151 e. The van der Waals surface area contributed by atoms with Crippen molar-refractivity contribution in [2.24, 2.45) is 0 Å². The number of aryl methyl sites for hydroxylation is 1. The summed E-state index contributed by atoms with van der Waals surface area (Å²) >= 11 is 0. The topological polar surface area (TPSA) is 54.7 Å². The zero-order valence-corrected chi connectivity index (χ0v) is 6.56. The molecule has 1 aromatic carbocycles. The van der Waals surface area contributed by atoms with E-state index < -0.39 is 0 Å². The lowest BCUT2D eigenvalue weighted by Crippen LogP contribution is -1.87. The second kappa shape index (κ2) is 2.20. The Morgan fingerprint density at radius 1 is 1.50 bits per heavy atom. The van der Waals surface area contributed by atoms with Crippen molar-refractivity contribution in [1.82, 2.24) is 9.97 Å². The van der Waals surface area contributed by atoms with Crippen LogP contribution in [0.1, 0.15) is 5.82 Å². The molecular formula is C8H8FN3. The van der Waals surface area contributed by atoms with Crippen LogP contribution in [0.25, 0.3) is 11.0 Å². The molecule has 1 heterocycles. The van der Waals surface area contributed by atoms with Crippen molar-refractivity contribution in [3.05, 3.63) is 23.8 Å². The van der Waals surface area contributed by atoms with E-state index in [0.717, 1.165) is 0 Å². The van der Waals surface area contributed by atoms with E-state index in [4.69, 9.17) is 5.73 Å². The molecule has 0 saturated carbocycles. The standard InChI is InChI=1S/C8H8FN3/c1-4-11-7-5(9)2-3-6(10)8(7)12-4/h2-3H,10H2,1H3,(H,11,12). The van der Waals surface area contributed by atoms with E-state index in [0.29, 0.717) is 22.5 Å². The highest BCUT2D eigenvalue weighted by Gasteiger charge is 2.07. The lowest BCUT2D eigenvalue weighted by molar-refractivity contribution is 0.637. The summed E-state index contributed by atoms with van der Waals surface area (Å²) in [7, 11) is 0. The molecule has 2 rings (SSSR count). The maximum atomic E-state index is 13.0. The number of imidazole rings is 1. The number of anilines is 1. The molecule has 0 aliphatic rings. The Bertz CT molecular complexity index is 394. The van der Waals surface area contributed by atoms with Crippen molar-refractivity contribution >= 4 is 16.7 Å². The summed E-state index contributed by atoms with van der Waals surface area (Å²) in [5.74, 6) is 0.324. The zero-order valence-electron chi connectivity index (χ0n) is 6.56. The van der Waals surface area contributed by atoms with Crippen molar-refractivity contribution in [2.75, 3.05) is 5.73 Å². The molecule has 0 radical (unpaired) electrons. The molecule has 0 bridgehead atoms. The fourth-order valence-electron chi connectivity index (χ4n) is 1.20. The van der Waals surface area contributed by atoms with Crippen molar-refractivity contribution in [3.8, 4) is 0 Å². The normalized spacial score (nSPS) is 10.8. The number of aromatic nitrogens is 2. The van der Waals surface area contributed by atoms with Gasteiger partial charge >= 0.3 is 0 Å². The smallest absolute Gasteiger partial charge is 0.151 e. The van der Waals surface area contributed by atoms with Crippen molar-refractivity contribution in [2.45, 2.75) is 6.92 Å². The minimum Gasteiger partial charge on any atom is -0.397 e. The van der Waals surface area contributed by atoms with Crippen LogP contribution in [0.15, 0.2) is 12.1 Å². The van der Waals surface area contributed by atoms with E-state index in [1.807, 2.05) is 0 Å². The Balaban J connectivity index is 2.93. The number of aromatic amines is 1. The fourth-order valence-corrected chi connectivity index (χ4v) is 1.20. The van der Waals surface area contributed by atoms with Gasteiger partial charge in [-0.25, -0.2) is 9.37 Å². The van der Waals surface area contributed by atoms with Crippen LogP contribution in [-0.2, 0) is 0 Å². The summed E-state index contributed by atoms with van der Waals surface area (Å²) in [4.78, 5) is 6.85. The molecule has 0 spiro atoms. The van der Waals surface area contributed by atoms with Gasteiger partial charge in [-0.2, -0.15) is 0 Å². The Morgan fingerprint density at radius 2 is 2.25 bits per heavy atom. The Morgan fingerprint density at radius 3 is 2.92 bits per heavy atom. The molecule has 62 valence electrons. The van der Waals surface area contributed by atoms with E-state index in [1.54, 1.807) is 6.92 Å². The highest BCUT2D eigenvalue weighted by molar-refractivity contribution is 5.87. The van der Waals surface area contributed by atoms with Gasteiger partial charge < -0.3 is 10.7 Å². The average molecular weight is 165 g/mol. The van der Waals surface area contributed by atoms with Gasteiger partial charge in [0.2, 0.25) is 0 Å². The number of H-pyrrole nitrogens is 1. The molecule has 0 aliphatic heterocycles. The second-order valence-corrected chi connectivity index (χ2v) is 2.68. The number of fused-ring (bicyclic) bond motifs is 1. The molecule has 0 unspecified atom stereocenters. The predicted molar refractivity (Wildman–Crippen MR) is 45.2 cm³/mol. The number of hydrogen-bond donors (Lipinski definition) is 2. The summed E-state index contributed by atoms with van der Waals surface area (Å²) in [6.45, 7) is 1.76. The number of nitrogens with two attached hydrogens (primary N) is 1. The van der Waals surface area contributed by atoms with E-state index in [1.165, 1.54) is 12.1 Å². The first-order valence-electron chi connectivity index (χ1n) is 3.59. The number of nitrogen functional groups attached to an aromatic ring is 1. The van der Waals surface area contributed by atoms with Gasteiger partial charge in [0.25, 0.3) is 0 Å². The van der Waals surface area contributed by atoms with Crippen LogP contribution < -0.4 is 5.73 Å². The highest BCUT2D eigenvalue weighted by atomic mass is 19.1. The molecule has 12 heavy (non-hydrogen) atoms. The summed E-state index contributed by atoms with van der Waals surface area (Å²) in [5, 5.41) is 0. The summed E-state index contributed by atoms with van der Waals surface area (Å²) < 4.78 is 13.0. The Kier molecular flexibility index (Phi) is 1.30. The van der Waals surface area contributed by atoms with Gasteiger partial charge in [0.1, 0.15) is 11.3 Å². The molecule has 0 atom stereocenters. The second-order valence-electron chi connectivity index (χ2n) is 2.68. The summed E-state index contributed by atoms with van der Waals surface area (Å²) in [6.07, 6.45) is 0. The van der Waals surface area contributed by atoms with Gasteiger partial charge in [-0.3, -0.25) is 0 Å². The highest BCUT2D eigenvalue weighted by Crippen LogP contribution is 2.20. The molecule has 0 fully saturated rings. The van der Waals surface area contributed by atoms with E-state index in [-0.39, 0.29) is 5.82 Å². The van der Waals surface area contributed by atoms with E-state index in [9.17, 15) is 4.39 Å². The molecule has 1 aromatic heterocycles. The van der Waals surface area contributed by atoms with Gasteiger partial charge in [-0.15, -0.1) is 0 Å². The molecule has 2 aromatic rings. The van der Waals surface area contributed by atoms with Gasteiger partial charge in [-0.1, -0.05) is 0 Å². The molecular weight excluding hydrogens is 157 g/mol. The molecule has 0 amide bonds. The van der Waals surface area contributed by atoms with Crippen molar-refractivity contribution in [3.63, 3.8) is 0 Å². The molecule has 3 nitrogen and oxygen atoms in total. The Labute approximate surface area is 68.4 Å². The van der Waals surface area contributed by atoms with Crippen LogP contribution in [0, 0.1) is 12.7 Å². The first-order valence-corrected chi connectivity index (χ1v) is 3.59. The average Bonchev–Trinajstić information content (AvgIpc) is 2.41. The van der Waals surface area contributed by atoms with Gasteiger partial charge in [0.15, 0.2) is 5.82 Å². The quantitative estimate of drug-likeness (QED) is 0.582. The Hall–Kier alpha value is -1.58. The van der Waals surface area contributed by atoms with Crippen LogP contribution in [0.4, 0.5) is 10.1 Å². The minimum absolute atomic E-state index is 0.313. The molecule has 0 saturated heterocycles. The maximum absolute atomic E-state index is 13.0. The van der Waals surface area contributed by atoms with Gasteiger partial charge in [0, 0.05) is 0 Å². The van der Waals surface area contributed by atoms with Gasteiger partial charge in [-0.05, 0) is 19.1 Å². The molecule has 4 heteroatoms. The van der Waals surface area contributed by atoms with E-state index in [2.05, 4.69) is 9.97 Å². The van der Waals surface area contributed by atoms with E-state index >= 15 is 0 Å². The molecule has 3 N–H and O–H groups in total. The third-order valence-corrected chi connectivity index (χ3v) is 1.75. The molecule has 0 aliphatic carbocycles. The number of hydrogen-bond acceptors (Lipinski definition) is 2. The number of nitrogens with zero attached hydrogens (tertiary/aromatic N) is 1. The first-order chi connectivity index (χ1) is 5.68. The zero-order chi connectivity index (χ0) is 8.72. The summed E-state index contributed by atoms with van der Waals surface area (Å²) in [6, 6.07) is 2.84. The number of nitrogens with one attached hydrogen (secondary N) is 1.